The Kier molecular flexibility index (Phi) is 7.31. The topological polar surface area (TPSA) is 36.9 Å². The summed E-state index contributed by atoms with van der Waals surface area (Å²) in [4.78, 5) is 0. The van der Waals surface area contributed by atoms with E-state index < -0.39 is 8.32 Å². The van der Waals surface area contributed by atoms with Crippen molar-refractivity contribution in [3.05, 3.63) is 42.5 Å². The van der Waals surface area contributed by atoms with Gasteiger partial charge < -0.3 is 18.6 Å². The van der Waals surface area contributed by atoms with Crippen LogP contribution in [0.3, 0.4) is 0 Å². The number of ether oxygens (including phenoxy) is 3. The minimum absolute atomic E-state index is 0.0476. The molecule has 0 N–H and O–H groups in total. The van der Waals surface area contributed by atoms with E-state index in [4.69, 9.17) is 18.6 Å². The number of benzene rings is 1. The molecule has 1 heterocycles. The molecule has 27 heavy (non-hydrogen) atoms. The fourth-order valence-corrected chi connectivity index (χ4v) is 4.20. The smallest absolute Gasteiger partial charge is 0.193 e. The van der Waals surface area contributed by atoms with Gasteiger partial charge in [0.1, 0.15) is 5.75 Å². The summed E-state index contributed by atoms with van der Waals surface area (Å²) < 4.78 is 24.1. The fourth-order valence-electron chi connectivity index (χ4n) is 2.93. The number of hydrogen-bond acceptors (Lipinski definition) is 4. The van der Waals surface area contributed by atoms with E-state index in [1.54, 1.807) is 7.11 Å². The van der Waals surface area contributed by atoms with Gasteiger partial charge in [-0.25, -0.2) is 0 Å². The van der Waals surface area contributed by atoms with Crippen molar-refractivity contribution >= 4 is 8.32 Å². The lowest BCUT2D eigenvalue weighted by Gasteiger charge is -2.44. The van der Waals surface area contributed by atoms with Crippen molar-refractivity contribution in [1.29, 1.82) is 0 Å². The average molecular weight is 393 g/mol. The number of methoxy groups -OCH3 is 1. The molecule has 1 aliphatic rings. The molecule has 1 aliphatic heterocycles. The van der Waals surface area contributed by atoms with Crippen molar-refractivity contribution in [1.82, 2.24) is 0 Å². The van der Waals surface area contributed by atoms with E-state index in [-0.39, 0.29) is 29.5 Å². The Bertz CT molecular complexity index is 606. The molecule has 0 bridgehead atoms. The third-order valence-corrected chi connectivity index (χ3v) is 10.2. The maximum Gasteiger partial charge on any atom is 0.193 e. The predicted octanol–water partition coefficient (Wildman–Crippen LogP) is 5.19. The molecule has 1 aromatic rings. The van der Waals surface area contributed by atoms with E-state index >= 15 is 0 Å². The second-order valence-corrected chi connectivity index (χ2v) is 13.7. The fraction of sp³-hybridized carbons (Fsp3) is 0.636. The summed E-state index contributed by atoms with van der Waals surface area (Å²) in [6, 6.07) is 8.03. The van der Waals surface area contributed by atoms with E-state index in [0.717, 1.165) is 11.3 Å². The monoisotopic (exact) mass is 392 g/mol. The lowest BCUT2D eigenvalue weighted by molar-refractivity contribution is -0.246. The van der Waals surface area contributed by atoms with Crippen LogP contribution in [0.5, 0.6) is 5.75 Å². The van der Waals surface area contributed by atoms with Gasteiger partial charge in [-0.1, -0.05) is 45.9 Å². The third kappa shape index (κ3) is 5.67. The molecule has 152 valence electrons. The maximum atomic E-state index is 6.61. The van der Waals surface area contributed by atoms with Gasteiger partial charge in [0.25, 0.3) is 0 Å². The quantitative estimate of drug-likeness (QED) is 0.472. The second-order valence-electron chi connectivity index (χ2n) is 8.97. The highest BCUT2D eigenvalue weighted by Gasteiger charge is 2.42. The molecule has 1 saturated heterocycles. The zero-order chi connectivity index (χ0) is 20.2. The van der Waals surface area contributed by atoms with Crippen LogP contribution in [0.2, 0.25) is 18.1 Å². The molecular formula is C22H36O4Si. The Morgan fingerprint density at radius 1 is 1.26 bits per heavy atom. The van der Waals surface area contributed by atoms with Crippen LogP contribution >= 0.6 is 0 Å². The zero-order valence-corrected chi connectivity index (χ0v) is 19.0. The predicted molar refractivity (Wildman–Crippen MR) is 113 cm³/mol. The van der Waals surface area contributed by atoms with Crippen LogP contribution in [0.4, 0.5) is 0 Å². The normalized spacial score (nSPS) is 25.1. The van der Waals surface area contributed by atoms with Crippen molar-refractivity contribution < 1.29 is 18.6 Å². The SMILES string of the molecule is C=C[C@H](O[Si](C)(C)C(C)(C)C)[C@H]1O[C@@H](Cc2ccc(OC)cc2)OC[C@@H]1C. The molecule has 1 aromatic carbocycles. The Labute approximate surface area is 166 Å². The molecule has 0 unspecified atom stereocenters. The van der Waals surface area contributed by atoms with Gasteiger partial charge in [-0.05, 0) is 35.8 Å². The molecule has 0 aromatic heterocycles. The van der Waals surface area contributed by atoms with Crippen LogP contribution in [-0.2, 0) is 20.3 Å². The summed E-state index contributed by atoms with van der Waals surface area (Å²) in [5.41, 5.74) is 1.16. The molecule has 2 rings (SSSR count). The van der Waals surface area contributed by atoms with Gasteiger partial charge in [-0.15, -0.1) is 6.58 Å². The summed E-state index contributed by atoms with van der Waals surface area (Å²) in [5, 5.41) is 0.144. The Morgan fingerprint density at radius 3 is 2.41 bits per heavy atom. The van der Waals surface area contributed by atoms with Crippen molar-refractivity contribution in [3.8, 4) is 5.75 Å². The van der Waals surface area contributed by atoms with Gasteiger partial charge in [0.05, 0.1) is 25.9 Å². The van der Waals surface area contributed by atoms with E-state index in [1.165, 1.54) is 0 Å². The molecule has 4 nitrogen and oxygen atoms in total. The lowest BCUT2D eigenvalue weighted by atomic mass is 9.99. The first-order valence-corrected chi connectivity index (χ1v) is 12.7. The van der Waals surface area contributed by atoms with Crippen molar-refractivity contribution in [2.45, 2.75) is 70.7 Å². The van der Waals surface area contributed by atoms with Crippen LogP contribution in [0.15, 0.2) is 36.9 Å². The van der Waals surface area contributed by atoms with E-state index in [2.05, 4.69) is 59.5 Å². The van der Waals surface area contributed by atoms with Crippen LogP contribution in [0.1, 0.15) is 33.3 Å². The Balaban J connectivity index is 2.06. The lowest BCUT2D eigenvalue weighted by Crippen LogP contribution is -2.52. The third-order valence-electron chi connectivity index (χ3n) is 5.77. The molecule has 5 heteroatoms. The molecule has 0 aliphatic carbocycles. The van der Waals surface area contributed by atoms with Crippen LogP contribution in [-0.4, -0.2) is 40.5 Å². The van der Waals surface area contributed by atoms with Crippen molar-refractivity contribution in [2.24, 2.45) is 5.92 Å². The van der Waals surface area contributed by atoms with Gasteiger partial charge in [0.15, 0.2) is 14.6 Å². The summed E-state index contributed by atoms with van der Waals surface area (Å²) >= 11 is 0. The minimum Gasteiger partial charge on any atom is -0.497 e. The zero-order valence-electron chi connectivity index (χ0n) is 18.0. The highest BCUT2D eigenvalue weighted by molar-refractivity contribution is 6.74. The highest BCUT2D eigenvalue weighted by atomic mass is 28.4. The maximum absolute atomic E-state index is 6.61. The second kappa shape index (κ2) is 8.91. The van der Waals surface area contributed by atoms with Gasteiger partial charge in [0.2, 0.25) is 0 Å². The number of hydrogen-bond donors (Lipinski definition) is 0. The molecule has 0 radical (unpaired) electrons. The molecule has 0 amide bonds. The Hall–Kier alpha value is -1.14. The minimum atomic E-state index is -1.92. The molecule has 1 fully saturated rings. The van der Waals surface area contributed by atoms with Crippen LogP contribution in [0.25, 0.3) is 0 Å². The van der Waals surface area contributed by atoms with Crippen LogP contribution in [0, 0.1) is 5.92 Å². The van der Waals surface area contributed by atoms with Gasteiger partial charge >= 0.3 is 0 Å². The van der Waals surface area contributed by atoms with Gasteiger partial charge in [0, 0.05) is 12.3 Å². The first-order valence-electron chi connectivity index (χ1n) is 9.77. The molecular weight excluding hydrogens is 356 g/mol. The summed E-state index contributed by atoms with van der Waals surface area (Å²) in [5.74, 6) is 1.11. The van der Waals surface area contributed by atoms with Crippen molar-refractivity contribution in [3.63, 3.8) is 0 Å². The first-order chi connectivity index (χ1) is 12.6. The number of rotatable bonds is 7. The first kappa shape index (κ1) is 22.1. The van der Waals surface area contributed by atoms with Crippen molar-refractivity contribution in [2.75, 3.05) is 13.7 Å². The largest absolute Gasteiger partial charge is 0.497 e. The molecule has 0 saturated carbocycles. The highest BCUT2D eigenvalue weighted by Crippen LogP contribution is 2.39. The Morgan fingerprint density at radius 2 is 1.89 bits per heavy atom. The summed E-state index contributed by atoms with van der Waals surface area (Å²) in [7, 11) is -0.242. The van der Waals surface area contributed by atoms with Crippen LogP contribution < -0.4 is 4.74 Å². The summed E-state index contributed by atoms with van der Waals surface area (Å²) in [6.45, 7) is 18.1. The molecule has 4 atom stereocenters. The van der Waals surface area contributed by atoms with Gasteiger partial charge in [-0.3, -0.25) is 0 Å². The van der Waals surface area contributed by atoms with E-state index in [1.807, 2.05) is 18.2 Å². The summed E-state index contributed by atoms with van der Waals surface area (Å²) in [6.07, 6.45) is 2.16. The van der Waals surface area contributed by atoms with E-state index in [0.29, 0.717) is 13.0 Å². The average Bonchev–Trinajstić information content (AvgIpc) is 2.61. The standard InChI is InChI=1S/C22H36O4Si/c1-9-19(26-27(7,8)22(3,4)5)21-16(2)15-24-20(25-21)14-17-10-12-18(23-6)13-11-17/h9-13,16,19-21H,1,14-15H2,2-8H3/t16-,19-,20-,21-/m0/s1. The van der Waals surface area contributed by atoms with Gasteiger partial charge in [-0.2, -0.15) is 0 Å². The molecule has 0 spiro atoms. The van der Waals surface area contributed by atoms with E-state index in [9.17, 15) is 0 Å².